The Hall–Kier alpha value is -1.43. The monoisotopic (exact) mass is 239 g/mol. The number of hydrogen-bond acceptors (Lipinski definition) is 4. The van der Waals surface area contributed by atoms with Crippen molar-refractivity contribution < 1.29 is 9.59 Å². The fourth-order valence-corrected chi connectivity index (χ4v) is 2.57. The Morgan fingerprint density at radius 2 is 2.19 bits per heavy atom. The lowest BCUT2D eigenvalue weighted by molar-refractivity contribution is -0.129. The number of aryl methyl sites for hydroxylation is 2. The van der Waals surface area contributed by atoms with E-state index in [9.17, 15) is 9.59 Å². The van der Waals surface area contributed by atoms with Crippen LogP contribution in [-0.4, -0.2) is 28.4 Å². The Labute approximate surface area is 97.5 Å². The van der Waals surface area contributed by atoms with Gasteiger partial charge in [-0.15, -0.1) is 11.3 Å². The molecule has 0 aromatic carbocycles. The molecule has 0 radical (unpaired) electrons. The van der Waals surface area contributed by atoms with Crippen molar-refractivity contribution in [2.75, 3.05) is 6.54 Å². The van der Waals surface area contributed by atoms with Crippen LogP contribution in [0.3, 0.4) is 0 Å². The maximum Gasteiger partial charge on any atom is 0.324 e. The molecule has 2 rings (SSSR count). The Morgan fingerprint density at radius 3 is 2.75 bits per heavy atom. The predicted octanol–water partition coefficient (Wildman–Crippen LogP) is 1.20. The first-order chi connectivity index (χ1) is 7.58. The van der Waals surface area contributed by atoms with Crippen LogP contribution in [-0.2, 0) is 11.3 Å². The van der Waals surface area contributed by atoms with Gasteiger partial charge < -0.3 is 5.32 Å². The van der Waals surface area contributed by atoms with Crippen LogP contribution < -0.4 is 5.32 Å². The minimum absolute atomic E-state index is 0.116. The molecule has 1 aliphatic heterocycles. The SMILES string of the molecule is Cc1nc(C)c(CN2C(=O)CCNC2=O)s1. The molecule has 3 amide bonds. The van der Waals surface area contributed by atoms with Crippen LogP contribution in [0.5, 0.6) is 0 Å². The zero-order valence-corrected chi connectivity index (χ0v) is 10.1. The molecule has 5 nitrogen and oxygen atoms in total. The van der Waals surface area contributed by atoms with Gasteiger partial charge in [-0.2, -0.15) is 0 Å². The topological polar surface area (TPSA) is 62.3 Å². The van der Waals surface area contributed by atoms with E-state index in [1.54, 1.807) is 0 Å². The van der Waals surface area contributed by atoms with E-state index in [-0.39, 0.29) is 11.9 Å². The fourth-order valence-electron chi connectivity index (χ4n) is 1.64. The minimum Gasteiger partial charge on any atom is -0.337 e. The van der Waals surface area contributed by atoms with E-state index in [1.165, 1.54) is 16.2 Å². The lowest BCUT2D eigenvalue weighted by Gasteiger charge is -2.25. The molecular formula is C10H13N3O2S. The molecule has 1 saturated heterocycles. The van der Waals surface area contributed by atoms with Crippen molar-refractivity contribution in [3.63, 3.8) is 0 Å². The van der Waals surface area contributed by atoms with Gasteiger partial charge in [0, 0.05) is 17.8 Å². The summed E-state index contributed by atoms with van der Waals surface area (Å²) in [5.74, 6) is -0.116. The van der Waals surface area contributed by atoms with E-state index < -0.39 is 0 Å². The van der Waals surface area contributed by atoms with E-state index in [0.29, 0.717) is 19.5 Å². The molecule has 0 bridgehead atoms. The molecule has 2 heterocycles. The Morgan fingerprint density at radius 1 is 1.44 bits per heavy atom. The maximum atomic E-state index is 11.6. The summed E-state index contributed by atoms with van der Waals surface area (Å²) in [5.41, 5.74) is 0.897. The average Bonchev–Trinajstić information content (AvgIpc) is 2.51. The molecule has 86 valence electrons. The van der Waals surface area contributed by atoms with Gasteiger partial charge in [-0.3, -0.25) is 9.69 Å². The smallest absolute Gasteiger partial charge is 0.324 e. The molecule has 1 aliphatic rings. The molecule has 0 spiro atoms. The average molecular weight is 239 g/mol. The molecule has 0 saturated carbocycles. The first kappa shape index (κ1) is 11.1. The van der Waals surface area contributed by atoms with Crippen LogP contribution in [0.15, 0.2) is 0 Å². The second-order valence-electron chi connectivity index (χ2n) is 3.70. The third-order valence-corrected chi connectivity index (χ3v) is 3.52. The van der Waals surface area contributed by atoms with Crippen molar-refractivity contribution in [2.24, 2.45) is 0 Å². The summed E-state index contributed by atoms with van der Waals surface area (Å²) in [6.07, 6.45) is 0.378. The van der Waals surface area contributed by atoms with Crippen molar-refractivity contribution in [3.05, 3.63) is 15.6 Å². The molecule has 0 unspecified atom stereocenters. The molecular weight excluding hydrogens is 226 g/mol. The zero-order chi connectivity index (χ0) is 11.7. The molecule has 1 aromatic heterocycles. The van der Waals surface area contributed by atoms with E-state index in [0.717, 1.165) is 15.6 Å². The highest BCUT2D eigenvalue weighted by atomic mass is 32.1. The summed E-state index contributed by atoms with van der Waals surface area (Å²) >= 11 is 1.53. The standard InChI is InChI=1S/C10H13N3O2S/c1-6-8(16-7(2)12-6)5-13-9(14)3-4-11-10(13)15/h3-5H2,1-2H3,(H,11,15). The van der Waals surface area contributed by atoms with E-state index in [4.69, 9.17) is 0 Å². The Balaban J connectivity index is 2.16. The number of imide groups is 1. The second kappa shape index (κ2) is 4.21. The largest absolute Gasteiger partial charge is 0.337 e. The Bertz CT molecular complexity index is 425. The van der Waals surface area contributed by atoms with Crippen LogP contribution in [0, 0.1) is 13.8 Å². The number of carbonyl (C=O) groups is 2. The molecule has 1 aromatic rings. The highest BCUT2D eigenvalue weighted by molar-refractivity contribution is 7.11. The summed E-state index contributed by atoms with van der Waals surface area (Å²) in [4.78, 5) is 29.6. The van der Waals surface area contributed by atoms with Gasteiger partial charge in [-0.1, -0.05) is 0 Å². The maximum absolute atomic E-state index is 11.6. The first-order valence-electron chi connectivity index (χ1n) is 5.09. The van der Waals surface area contributed by atoms with Crippen LogP contribution in [0.25, 0.3) is 0 Å². The third kappa shape index (κ3) is 2.06. The molecule has 0 atom stereocenters. The molecule has 0 aliphatic carbocycles. The van der Waals surface area contributed by atoms with Gasteiger partial charge in [-0.25, -0.2) is 9.78 Å². The van der Waals surface area contributed by atoms with Crippen molar-refractivity contribution in [3.8, 4) is 0 Å². The van der Waals surface area contributed by atoms with E-state index in [2.05, 4.69) is 10.3 Å². The molecule has 1 N–H and O–H groups in total. The van der Waals surface area contributed by atoms with Gasteiger partial charge in [0.05, 0.1) is 17.2 Å². The lowest BCUT2D eigenvalue weighted by Crippen LogP contribution is -2.49. The summed E-state index contributed by atoms with van der Waals surface area (Å²) in [6, 6.07) is -0.304. The quantitative estimate of drug-likeness (QED) is 0.843. The van der Waals surface area contributed by atoms with Crippen molar-refractivity contribution in [2.45, 2.75) is 26.8 Å². The number of carbonyl (C=O) groups excluding carboxylic acids is 2. The third-order valence-electron chi connectivity index (χ3n) is 2.46. The highest BCUT2D eigenvalue weighted by Gasteiger charge is 2.26. The molecule has 6 heteroatoms. The number of nitrogens with one attached hydrogen (secondary N) is 1. The number of hydrogen-bond donors (Lipinski definition) is 1. The van der Waals surface area contributed by atoms with Gasteiger partial charge >= 0.3 is 6.03 Å². The summed E-state index contributed by atoms with van der Waals surface area (Å²) in [7, 11) is 0. The predicted molar refractivity (Wildman–Crippen MR) is 60.2 cm³/mol. The first-order valence-corrected chi connectivity index (χ1v) is 5.90. The van der Waals surface area contributed by atoms with Gasteiger partial charge in [0.2, 0.25) is 5.91 Å². The lowest BCUT2D eigenvalue weighted by atomic mass is 10.3. The normalized spacial score (nSPS) is 16.5. The van der Waals surface area contributed by atoms with Crippen LogP contribution >= 0.6 is 11.3 Å². The van der Waals surface area contributed by atoms with E-state index >= 15 is 0 Å². The van der Waals surface area contributed by atoms with Crippen molar-refractivity contribution >= 4 is 23.3 Å². The van der Waals surface area contributed by atoms with Crippen molar-refractivity contribution in [1.29, 1.82) is 0 Å². The summed E-state index contributed by atoms with van der Waals surface area (Å²) in [5, 5.41) is 3.62. The number of rotatable bonds is 2. The number of aromatic nitrogens is 1. The minimum atomic E-state index is -0.304. The zero-order valence-electron chi connectivity index (χ0n) is 9.24. The molecule has 1 fully saturated rings. The highest BCUT2D eigenvalue weighted by Crippen LogP contribution is 2.20. The van der Waals surface area contributed by atoms with Crippen LogP contribution in [0.4, 0.5) is 4.79 Å². The number of urea groups is 1. The Kier molecular flexibility index (Phi) is 2.91. The van der Waals surface area contributed by atoms with Gasteiger partial charge in [0.15, 0.2) is 0 Å². The fraction of sp³-hybridized carbons (Fsp3) is 0.500. The second-order valence-corrected chi connectivity index (χ2v) is 4.99. The number of amides is 3. The number of thiazole rings is 1. The van der Waals surface area contributed by atoms with Crippen LogP contribution in [0.1, 0.15) is 22.0 Å². The molecule has 16 heavy (non-hydrogen) atoms. The van der Waals surface area contributed by atoms with Crippen LogP contribution in [0.2, 0.25) is 0 Å². The van der Waals surface area contributed by atoms with Gasteiger partial charge in [-0.05, 0) is 13.8 Å². The van der Waals surface area contributed by atoms with Crippen molar-refractivity contribution in [1.82, 2.24) is 15.2 Å². The van der Waals surface area contributed by atoms with Gasteiger partial charge in [0.1, 0.15) is 0 Å². The number of nitrogens with zero attached hydrogens (tertiary/aromatic N) is 2. The summed E-state index contributed by atoms with van der Waals surface area (Å²) < 4.78 is 0. The van der Waals surface area contributed by atoms with E-state index in [1.807, 2.05) is 13.8 Å². The summed E-state index contributed by atoms with van der Waals surface area (Å²) in [6.45, 7) is 4.58. The van der Waals surface area contributed by atoms with Gasteiger partial charge in [0.25, 0.3) is 0 Å².